The molecule has 2 fully saturated rings. The molecule has 1 aliphatic carbocycles. The zero-order chi connectivity index (χ0) is 17.1. The van der Waals surface area contributed by atoms with Crippen LogP contribution < -0.4 is 10.2 Å². The molecule has 1 saturated heterocycles. The predicted octanol–water partition coefficient (Wildman–Crippen LogP) is 1.58. The number of nitrogens with zero attached hydrogens (tertiary/aromatic N) is 2. The lowest BCUT2D eigenvalue weighted by molar-refractivity contribution is -0.135. The molecular formula is C19H25N3O2. The molecule has 2 unspecified atom stereocenters. The minimum atomic E-state index is -0.146. The molecule has 0 spiro atoms. The largest absolute Gasteiger partial charge is 0.368 e. The lowest BCUT2D eigenvalue weighted by Gasteiger charge is -2.36. The van der Waals surface area contributed by atoms with Crippen LogP contribution in [0, 0.1) is 18.8 Å². The SMILES string of the molecule is C=CCNC(=O)C1CC1C(=O)N1CCN(c2cccc(C)c2)CC1. The molecule has 3 rings (SSSR count). The van der Waals surface area contributed by atoms with Gasteiger partial charge in [0.1, 0.15) is 0 Å². The van der Waals surface area contributed by atoms with Crippen molar-refractivity contribution in [3.63, 3.8) is 0 Å². The van der Waals surface area contributed by atoms with E-state index in [0.717, 1.165) is 26.2 Å². The van der Waals surface area contributed by atoms with Crippen LogP contribution in [0.1, 0.15) is 12.0 Å². The molecule has 1 saturated carbocycles. The number of amides is 2. The van der Waals surface area contributed by atoms with Gasteiger partial charge in [0, 0.05) is 38.4 Å². The summed E-state index contributed by atoms with van der Waals surface area (Å²) in [6.07, 6.45) is 2.33. The minimum absolute atomic E-state index is 0.0216. The highest BCUT2D eigenvalue weighted by Crippen LogP contribution is 2.40. The van der Waals surface area contributed by atoms with Gasteiger partial charge in [-0.2, -0.15) is 0 Å². The zero-order valence-corrected chi connectivity index (χ0v) is 14.2. The highest BCUT2D eigenvalue weighted by Gasteiger charge is 2.49. The maximum atomic E-state index is 12.6. The van der Waals surface area contributed by atoms with Gasteiger partial charge in [-0.15, -0.1) is 6.58 Å². The maximum Gasteiger partial charge on any atom is 0.226 e. The quantitative estimate of drug-likeness (QED) is 0.836. The first-order valence-corrected chi connectivity index (χ1v) is 8.59. The third kappa shape index (κ3) is 3.61. The summed E-state index contributed by atoms with van der Waals surface area (Å²) < 4.78 is 0. The summed E-state index contributed by atoms with van der Waals surface area (Å²) in [7, 11) is 0. The fraction of sp³-hybridized carbons (Fsp3) is 0.474. The highest BCUT2D eigenvalue weighted by atomic mass is 16.2. The molecule has 2 amide bonds. The number of piperazine rings is 1. The molecule has 0 bridgehead atoms. The van der Waals surface area contributed by atoms with E-state index in [1.807, 2.05) is 4.90 Å². The highest BCUT2D eigenvalue weighted by molar-refractivity contribution is 5.92. The Hall–Kier alpha value is -2.30. The van der Waals surface area contributed by atoms with Crippen LogP contribution in [0.15, 0.2) is 36.9 Å². The molecule has 1 aromatic carbocycles. The van der Waals surface area contributed by atoms with Crippen molar-refractivity contribution >= 4 is 17.5 Å². The van der Waals surface area contributed by atoms with E-state index in [1.165, 1.54) is 11.3 Å². The zero-order valence-electron chi connectivity index (χ0n) is 14.2. The van der Waals surface area contributed by atoms with E-state index >= 15 is 0 Å². The second-order valence-corrected chi connectivity index (χ2v) is 6.63. The van der Waals surface area contributed by atoms with Crippen molar-refractivity contribution in [2.24, 2.45) is 11.8 Å². The molecule has 128 valence electrons. The number of carbonyl (C=O) groups is 2. The van der Waals surface area contributed by atoms with E-state index in [0.29, 0.717) is 13.0 Å². The number of benzene rings is 1. The Labute approximate surface area is 143 Å². The Kier molecular flexibility index (Phi) is 4.88. The number of hydrogen-bond donors (Lipinski definition) is 1. The smallest absolute Gasteiger partial charge is 0.226 e. The van der Waals surface area contributed by atoms with Crippen molar-refractivity contribution in [1.82, 2.24) is 10.2 Å². The van der Waals surface area contributed by atoms with Gasteiger partial charge >= 0.3 is 0 Å². The summed E-state index contributed by atoms with van der Waals surface area (Å²) in [5.74, 6) is -0.156. The summed E-state index contributed by atoms with van der Waals surface area (Å²) in [6, 6.07) is 8.45. The van der Waals surface area contributed by atoms with Gasteiger partial charge in [0.2, 0.25) is 11.8 Å². The predicted molar refractivity (Wildman–Crippen MR) is 94.8 cm³/mol. The van der Waals surface area contributed by atoms with E-state index in [1.54, 1.807) is 6.08 Å². The van der Waals surface area contributed by atoms with E-state index < -0.39 is 0 Å². The molecular weight excluding hydrogens is 302 g/mol. The third-order valence-corrected chi connectivity index (χ3v) is 4.82. The summed E-state index contributed by atoms with van der Waals surface area (Å²) in [5.41, 5.74) is 2.47. The van der Waals surface area contributed by atoms with Gasteiger partial charge < -0.3 is 15.1 Å². The van der Waals surface area contributed by atoms with Gasteiger partial charge in [0.25, 0.3) is 0 Å². The minimum Gasteiger partial charge on any atom is -0.368 e. The van der Waals surface area contributed by atoms with Crippen LogP contribution in [0.25, 0.3) is 0 Å². The number of nitrogens with one attached hydrogen (secondary N) is 1. The van der Waals surface area contributed by atoms with Crippen molar-refractivity contribution < 1.29 is 9.59 Å². The summed E-state index contributed by atoms with van der Waals surface area (Å²) in [5, 5.41) is 2.78. The Bertz CT molecular complexity index is 635. The lowest BCUT2D eigenvalue weighted by atomic mass is 10.2. The Morgan fingerprint density at radius 1 is 1.25 bits per heavy atom. The third-order valence-electron chi connectivity index (χ3n) is 4.82. The van der Waals surface area contributed by atoms with Crippen molar-refractivity contribution in [2.75, 3.05) is 37.6 Å². The summed E-state index contributed by atoms with van der Waals surface area (Å²) >= 11 is 0. The van der Waals surface area contributed by atoms with Crippen LogP contribution in [0.5, 0.6) is 0 Å². The lowest BCUT2D eigenvalue weighted by Crippen LogP contribution is -2.49. The average Bonchev–Trinajstić information content (AvgIpc) is 3.40. The normalized spacial score (nSPS) is 22.9. The average molecular weight is 327 g/mol. The van der Waals surface area contributed by atoms with Gasteiger partial charge in [-0.05, 0) is 31.0 Å². The van der Waals surface area contributed by atoms with E-state index in [-0.39, 0.29) is 23.7 Å². The van der Waals surface area contributed by atoms with Crippen LogP contribution in [0.2, 0.25) is 0 Å². The Morgan fingerprint density at radius 3 is 2.67 bits per heavy atom. The molecule has 2 atom stereocenters. The van der Waals surface area contributed by atoms with Gasteiger partial charge in [-0.25, -0.2) is 0 Å². The molecule has 24 heavy (non-hydrogen) atoms. The van der Waals surface area contributed by atoms with E-state index in [9.17, 15) is 9.59 Å². The number of rotatable bonds is 5. The molecule has 5 heteroatoms. The first kappa shape index (κ1) is 16.6. The summed E-state index contributed by atoms with van der Waals surface area (Å²) in [4.78, 5) is 28.7. The molecule has 1 heterocycles. The number of hydrogen-bond acceptors (Lipinski definition) is 3. The standard InChI is InChI=1S/C19H25N3O2/c1-3-7-20-18(23)16-13-17(16)19(24)22-10-8-21(9-11-22)15-6-4-5-14(2)12-15/h3-6,12,16-17H,1,7-11,13H2,2H3,(H,20,23). The van der Waals surface area contributed by atoms with Crippen LogP contribution in [-0.4, -0.2) is 49.4 Å². The van der Waals surface area contributed by atoms with Crippen LogP contribution in [0.4, 0.5) is 5.69 Å². The molecule has 1 aromatic rings. The van der Waals surface area contributed by atoms with Crippen LogP contribution in [-0.2, 0) is 9.59 Å². The monoisotopic (exact) mass is 327 g/mol. The van der Waals surface area contributed by atoms with E-state index in [4.69, 9.17) is 0 Å². The second kappa shape index (κ2) is 7.07. The number of carbonyl (C=O) groups excluding carboxylic acids is 2. The number of anilines is 1. The van der Waals surface area contributed by atoms with Gasteiger partial charge in [0.15, 0.2) is 0 Å². The first-order chi connectivity index (χ1) is 11.6. The molecule has 5 nitrogen and oxygen atoms in total. The summed E-state index contributed by atoms with van der Waals surface area (Å²) in [6.45, 7) is 9.28. The fourth-order valence-electron chi connectivity index (χ4n) is 3.31. The van der Waals surface area contributed by atoms with Crippen molar-refractivity contribution in [2.45, 2.75) is 13.3 Å². The van der Waals surface area contributed by atoms with Gasteiger partial charge in [0.05, 0.1) is 11.8 Å². The first-order valence-electron chi connectivity index (χ1n) is 8.59. The van der Waals surface area contributed by atoms with Crippen molar-refractivity contribution in [3.8, 4) is 0 Å². The second-order valence-electron chi connectivity index (χ2n) is 6.63. The Morgan fingerprint density at radius 2 is 2.00 bits per heavy atom. The molecule has 1 aliphatic heterocycles. The van der Waals surface area contributed by atoms with Gasteiger partial charge in [-0.1, -0.05) is 18.2 Å². The topological polar surface area (TPSA) is 52.7 Å². The molecule has 1 N–H and O–H groups in total. The molecule has 0 aromatic heterocycles. The fourth-order valence-corrected chi connectivity index (χ4v) is 3.31. The van der Waals surface area contributed by atoms with Crippen LogP contribution in [0.3, 0.4) is 0 Å². The van der Waals surface area contributed by atoms with Gasteiger partial charge in [-0.3, -0.25) is 9.59 Å². The van der Waals surface area contributed by atoms with E-state index in [2.05, 4.69) is 48.0 Å². The molecule has 2 aliphatic rings. The van der Waals surface area contributed by atoms with Crippen molar-refractivity contribution in [3.05, 3.63) is 42.5 Å². The van der Waals surface area contributed by atoms with Crippen molar-refractivity contribution in [1.29, 1.82) is 0 Å². The number of aryl methyl sites for hydroxylation is 1. The van der Waals surface area contributed by atoms with Crippen LogP contribution >= 0.6 is 0 Å². The maximum absolute atomic E-state index is 12.6. The molecule has 0 radical (unpaired) electrons. The Balaban J connectivity index is 1.49.